The van der Waals surface area contributed by atoms with Crippen molar-refractivity contribution in [3.8, 4) is 11.5 Å². The number of hydrogen-bond donors (Lipinski definition) is 3. The Morgan fingerprint density at radius 3 is 2.93 bits per heavy atom. The number of rotatable bonds is 4. The highest BCUT2D eigenvalue weighted by Crippen LogP contribution is 2.66. The highest BCUT2D eigenvalue weighted by molar-refractivity contribution is 5.73. The van der Waals surface area contributed by atoms with Gasteiger partial charge in [0.05, 0.1) is 11.0 Å². The van der Waals surface area contributed by atoms with Crippen molar-refractivity contribution in [2.24, 2.45) is 0 Å². The molecule has 4 aliphatic rings. The van der Waals surface area contributed by atoms with Crippen molar-refractivity contribution in [1.82, 2.24) is 10.2 Å². The zero-order valence-corrected chi connectivity index (χ0v) is 16.6. The molecule has 6 atom stereocenters. The number of carboxylic acids is 1. The number of carboxylic acid groups (broad SMARTS) is 1. The van der Waals surface area contributed by atoms with Gasteiger partial charge >= 0.3 is 5.97 Å². The molecule has 152 valence electrons. The van der Waals surface area contributed by atoms with E-state index in [1.54, 1.807) is 20.1 Å². The fourth-order valence-corrected chi connectivity index (χ4v) is 6.70. The first-order chi connectivity index (χ1) is 13.4. The van der Waals surface area contributed by atoms with E-state index in [1.165, 1.54) is 5.56 Å². The van der Waals surface area contributed by atoms with E-state index in [0.29, 0.717) is 5.75 Å². The maximum absolute atomic E-state index is 11.5. The highest BCUT2D eigenvalue weighted by atomic mass is 16.5. The second-order valence-corrected chi connectivity index (χ2v) is 8.87. The van der Waals surface area contributed by atoms with Crippen LogP contribution in [0.2, 0.25) is 0 Å². The second kappa shape index (κ2) is 5.84. The molecule has 1 unspecified atom stereocenters. The summed E-state index contributed by atoms with van der Waals surface area (Å²) in [5.74, 6) is -0.136. The lowest BCUT2D eigenvalue weighted by Crippen LogP contribution is -2.78. The summed E-state index contributed by atoms with van der Waals surface area (Å²) in [6.45, 7) is 2.59. The van der Waals surface area contributed by atoms with Gasteiger partial charge in [0.2, 0.25) is 0 Å². The molecule has 1 saturated carbocycles. The SMILES string of the molecule is CO[C@@]12CC[C@H](N[C@@H](C)C(=O)O)[C@@H]3Oc4c(O)ccc5c4[C@@]31CCN(C)C2C5. The number of likely N-dealkylation sites (tertiary alicyclic amines) is 1. The van der Waals surface area contributed by atoms with Crippen molar-refractivity contribution in [1.29, 1.82) is 0 Å². The van der Waals surface area contributed by atoms with Gasteiger partial charge in [-0.05, 0) is 57.8 Å². The number of aromatic hydroxyl groups is 1. The molecule has 3 N–H and O–H groups in total. The Morgan fingerprint density at radius 1 is 1.43 bits per heavy atom. The molecule has 2 aliphatic carbocycles. The van der Waals surface area contributed by atoms with Crippen LogP contribution in [0.5, 0.6) is 11.5 Å². The van der Waals surface area contributed by atoms with Crippen molar-refractivity contribution >= 4 is 5.97 Å². The maximum Gasteiger partial charge on any atom is 0.320 e. The molecule has 5 rings (SSSR count). The molecule has 1 aromatic carbocycles. The molecule has 2 fully saturated rings. The van der Waals surface area contributed by atoms with E-state index in [4.69, 9.17) is 9.47 Å². The van der Waals surface area contributed by atoms with Crippen LogP contribution in [0.15, 0.2) is 12.1 Å². The minimum absolute atomic E-state index is 0.115. The molecular formula is C21H28N2O5. The topological polar surface area (TPSA) is 91.3 Å². The average Bonchev–Trinajstić information content (AvgIpc) is 3.03. The minimum Gasteiger partial charge on any atom is -0.504 e. The largest absolute Gasteiger partial charge is 0.504 e. The molecular weight excluding hydrogens is 360 g/mol. The predicted octanol–water partition coefficient (Wildman–Crippen LogP) is 1.26. The Bertz CT molecular complexity index is 844. The summed E-state index contributed by atoms with van der Waals surface area (Å²) in [6.07, 6.45) is 3.07. The van der Waals surface area contributed by atoms with Crippen molar-refractivity contribution in [3.05, 3.63) is 23.3 Å². The fourth-order valence-electron chi connectivity index (χ4n) is 6.70. The van der Waals surface area contributed by atoms with E-state index in [-0.39, 0.29) is 29.4 Å². The average molecular weight is 388 g/mol. The number of phenolic OH excluding ortho intramolecular Hbond substituents is 1. The minimum atomic E-state index is -0.870. The zero-order valence-electron chi connectivity index (χ0n) is 16.6. The molecule has 28 heavy (non-hydrogen) atoms. The van der Waals surface area contributed by atoms with Gasteiger partial charge in [-0.25, -0.2) is 0 Å². The van der Waals surface area contributed by atoms with Crippen molar-refractivity contribution in [2.45, 2.75) is 67.9 Å². The van der Waals surface area contributed by atoms with E-state index in [0.717, 1.165) is 37.8 Å². The number of piperidine rings is 1. The summed E-state index contributed by atoms with van der Waals surface area (Å²) in [7, 11) is 3.96. The number of nitrogens with one attached hydrogen (secondary N) is 1. The number of nitrogens with zero attached hydrogens (tertiary/aromatic N) is 1. The molecule has 0 aromatic heterocycles. The summed E-state index contributed by atoms with van der Waals surface area (Å²) in [5, 5.41) is 23.3. The van der Waals surface area contributed by atoms with Gasteiger partial charge in [0, 0.05) is 24.8 Å². The molecule has 1 aromatic rings. The van der Waals surface area contributed by atoms with Crippen LogP contribution in [0.3, 0.4) is 0 Å². The molecule has 2 bridgehead atoms. The number of phenols is 1. The van der Waals surface area contributed by atoms with Crippen molar-refractivity contribution in [2.75, 3.05) is 20.7 Å². The van der Waals surface area contributed by atoms with Gasteiger partial charge in [-0.1, -0.05) is 6.07 Å². The molecule has 2 heterocycles. The summed E-state index contributed by atoms with van der Waals surface area (Å²) in [5.41, 5.74) is 1.53. The normalized spacial score (nSPS) is 39.2. The number of hydrogen-bond acceptors (Lipinski definition) is 6. The molecule has 1 spiro atoms. The first-order valence-corrected chi connectivity index (χ1v) is 10.1. The lowest BCUT2D eigenvalue weighted by molar-refractivity contribution is -0.204. The molecule has 2 aliphatic heterocycles. The number of ether oxygens (including phenoxy) is 2. The highest BCUT2D eigenvalue weighted by Gasteiger charge is 2.73. The first-order valence-electron chi connectivity index (χ1n) is 10.1. The lowest BCUT2D eigenvalue weighted by atomic mass is 9.48. The number of methoxy groups -OCH3 is 1. The van der Waals surface area contributed by atoms with Gasteiger partial charge in [0.1, 0.15) is 12.1 Å². The van der Waals surface area contributed by atoms with Crippen molar-refractivity contribution < 1.29 is 24.5 Å². The Labute approximate surface area is 164 Å². The third-order valence-electron chi connectivity index (χ3n) is 7.89. The summed E-state index contributed by atoms with van der Waals surface area (Å²) < 4.78 is 12.8. The van der Waals surface area contributed by atoms with E-state index in [9.17, 15) is 15.0 Å². The van der Waals surface area contributed by atoms with Gasteiger partial charge in [-0.15, -0.1) is 0 Å². The second-order valence-electron chi connectivity index (χ2n) is 8.87. The van der Waals surface area contributed by atoms with Crippen LogP contribution in [-0.4, -0.2) is 71.6 Å². The van der Waals surface area contributed by atoms with Gasteiger partial charge < -0.3 is 24.6 Å². The van der Waals surface area contributed by atoms with Crippen LogP contribution in [-0.2, 0) is 21.4 Å². The third kappa shape index (κ3) is 1.97. The fraction of sp³-hybridized carbons (Fsp3) is 0.667. The van der Waals surface area contributed by atoms with Crippen LogP contribution in [0.4, 0.5) is 0 Å². The van der Waals surface area contributed by atoms with E-state index in [2.05, 4.69) is 17.3 Å². The van der Waals surface area contributed by atoms with Crippen LogP contribution in [0, 0.1) is 0 Å². The number of aliphatic carboxylic acids is 1. The van der Waals surface area contributed by atoms with Gasteiger partial charge in [0.15, 0.2) is 11.5 Å². The molecule has 7 heteroatoms. The smallest absolute Gasteiger partial charge is 0.320 e. The predicted molar refractivity (Wildman–Crippen MR) is 102 cm³/mol. The maximum atomic E-state index is 11.5. The molecule has 0 amide bonds. The van der Waals surface area contributed by atoms with E-state index in [1.807, 2.05) is 6.07 Å². The zero-order chi connectivity index (χ0) is 19.8. The van der Waals surface area contributed by atoms with E-state index < -0.39 is 17.6 Å². The monoisotopic (exact) mass is 388 g/mol. The Morgan fingerprint density at radius 2 is 2.21 bits per heavy atom. The summed E-state index contributed by atoms with van der Waals surface area (Å²) in [4.78, 5) is 13.9. The Balaban J connectivity index is 1.70. The molecule has 7 nitrogen and oxygen atoms in total. The van der Waals surface area contributed by atoms with Gasteiger partial charge in [0.25, 0.3) is 0 Å². The summed E-state index contributed by atoms with van der Waals surface area (Å²) in [6, 6.07) is 3.20. The number of benzene rings is 1. The lowest BCUT2D eigenvalue weighted by Gasteiger charge is -2.65. The van der Waals surface area contributed by atoms with Crippen LogP contribution in [0.25, 0.3) is 0 Å². The summed E-state index contributed by atoms with van der Waals surface area (Å²) >= 11 is 0. The first kappa shape index (κ1) is 18.2. The van der Waals surface area contributed by atoms with Gasteiger partial charge in [-0.2, -0.15) is 0 Å². The Hall–Kier alpha value is -1.83. The standard InChI is InChI=1S/C21H28N2O5/c1-11(19(25)26)22-13-6-7-21(27-3)15-10-12-4-5-14(24)17-16(12)20(21,18(13)28-17)8-9-23(15)2/h4-5,11,13,15,18,22,24H,6-10H2,1-3H3,(H,25,26)/t11-,13-,15?,18-,20-,21+/m0/s1. The molecule has 0 radical (unpaired) electrons. The Kier molecular flexibility index (Phi) is 3.80. The quantitative estimate of drug-likeness (QED) is 0.715. The van der Waals surface area contributed by atoms with Crippen LogP contribution in [0.1, 0.15) is 37.3 Å². The third-order valence-corrected chi connectivity index (χ3v) is 7.89. The number of carbonyl (C=O) groups is 1. The van der Waals surface area contributed by atoms with Crippen LogP contribution >= 0.6 is 0 Å². The van der Waals surface area contributed by atoms with Crippen molar-refractivity contribution in [3.63, 3.8) is 0 Å². The van der Waals surface area contributed by atoms with Gasteiger partial charge in [-0.3, -0.25) is 10.1 Å². The number of likely N-dealkylation sites (N-methyl/N-ethyl adjacent to an activating group) is 1. The molecule has 1 saturated heterocycles. The van der Waals surface area contributed by atoms with Crippen LogP contribution < -0.4 is 10.1 Å². The van der Waals surface area contributed by atoms with E-state index >= 15 is 0 Å².